The van der Waals surface area contributed by atoms with Gasteiger partial charge in [-0.25, -0.2) is 4.98 Å². The number of imidazole rings is 1. The molecule has 0 radical (unpaired) electrons. The molecule has 0 bridgehead atoms. The van der Waals surface area contributed by atoms with Gasteiger partial charge in [0.25, 0.3) is 0 Å². The van der Waals surface area contributed by atoms with E-state index in [-0.39, 0.29) is 11.8 Å². The van der Waals surface area contributed by atoms with E-state index in [1.807, 2.05) is 10.6 Å². The molecular formula is C14H17ClN4O2. The number of amides is 1. The zero-order chi connectivity index (χ0) is 14.8. The molecule has 0 atom stereocenters. The summed E-state index contributed by atoms with van der Waals surface area (Å²) in [6.07, 6.45) is 2.57. The first-order valence-electron chi connectivity index (χ1n) is 6.96. The number of halogens is 1. The highest BCUT2D eigenvalue weighted by Gasteiger charge is 2.23. The Morgan fingerprint density at radius 2 is 2.29 bits per heavy atom. The van der Waals surface area contributed by atoms with Crippen molar-refractivity contribution in [2.24, 2.45) is 0 Å². The standard InChI is InChI=1S/C14H17ClN4O2/c1-21-13-5-4-10-14(18-13)19(11(8-15)17-10)7-6-12(20)16-9-2-3-9/h4-5,9H,2-3,6-8H2,1H3,(H,16,20). The summed E-state index contributed by atoms with van der Waals surface area (Å²) in [5.41, 5.74) is 1.46. The van der Waals surface area contributed by atoms with E-state index in [0.717, 1.165) is 18.4 Å². The van der Waals surface area contributed by atoms with Crippen molar-refractivity contribution in [3.8, 4) is 5.88 Å². The van der Waals surface area contributed by atoms with Crippen molar-refractivity contribution in [2.75, 3.05) is 7.11 Å². The molecule has 1 aliphatic rings. The second-order valence-corrected chi connectivity index (χ2v) is 5.37. The summed E-state index contributed by atoms with van der Waals surface area (Å²) in [5.74, 6) is 1.57. The van der Waals surface area contributed by atoms with Crippen molar-refractivity contribution >= 4 is 28.7 Å². The lowest BCUT2D eigenvalue weighted by Gasteiger charge is -2.08. The van der Waals surface area contributed by atoms with Crippen LogP contribution in [0.5, 0.6) is 5.88 Å². The first-order chi connectivity index (χ1) is 10.2. The number of aryl methyl sites for hydroxylation is 1. The fourth-order valence-corrected chi connectivity index (χ4v) is 2.43. The van der Waals surface area contributed by atoms with Crippen LogP contribution in [0.3, 0.4) is 0 Å². The van der Waals surface area contributed by atoms with Crippen LogP contribution in [0.4, 0.5) is 0 Å². The minimum atomic E-state index is 0.0581. The average molecular weight is 309 g/mol. The van der Waals surface area contributed by atoms with Crippen molar-refractivity contribution in [1.29, 1.82) is 0 Å². The van der Waals surface area contributed by atoms with Gasteiger partial charge in [-0.05, 0) is 18.9 Å². The fraction of sp³-hybridized carbons (Fsp3) is 0.500. The molecule has 0 spiro atoms. The number of carbonyl (C=O) groups excluding carboxylic acids is 1. The van der Waals surface area contributed by atoms with Crippen molar-refractivity contribution in [2.45, 2.75) is 37.7 Å². The number of aromatic nitrogens is 3. The van der Waals surface area contributed by atoms with E-state index in [2.05, 4.69) is 15.3 Å². The predicted octanol–water partition coefficient (Wildman–Crippen LogP) is 1.85. The normalized spacial score (nSPS) is 14.4. The van der Waals surface area contributed by atoms with Gasteiger partial charge in [0.1, 0.15) is 11.3 Å². The molecule has 3 rings (SSSR count). The summed E-state index contributed by atoms with van der Waals surface area (Å²) in [7, 11) is 1.57. The molecule has 2 aromatic heterocycles. The monoisotopic (exact) mass is 308 g/mol. The molecule has 7 heteroatoms. The second kappa shape index (κ2) is 5.89. The molecule has 1 fully saturated rings. The van der Waals surface area contributed by atoms with Crippen molar-refractivity contribution in [3.05, 3.63) is 18.0 Å². The second-order valence-electron chi connectivity index (χ2n) is 5.10. The van der Waals surface area contributed by atoms with Crippen LogP contribution in [0.1, 0.15) is 25.1 Å². The van der Waals surface area contributed by atoms with E-state index < -0.39 is 0 Å². The lowest BCUT2D eigenvalue weighted by atomic mass is 10.3. The predicted molar refractivity (Wildman–Crippen MR) is 79.4 cm³/mol. The third-order valence-corrected chi connectivity index (χ3v) is 3.72. The van der Waals surface area contributed by atoms with E-state index in [1.54, 1.807) is 13.2 Å². The Bertz CT molecular complexity index is 666. The first kappa shape index (κ1) is 14.1. The molecule has 2 heterocycles. The van der Waals surface area contributed by atoms with Crippen LogP contribution < -0.4 is 10.1 Å². The van der Waals surface area contributed by atoms with Crippen LogP contribution in [0.2, 0.25) is 0 Å². The van der Waals surface area contributed by atoms with Crippen molar-refractivity contribution in [1.82, 2.24) is 19.9 Å². The molecule has 112 valence electrons. The number of alkyl halides is 1. The molecule has 1 aliphatic carbocycles. The van der Waals surface area contributed by atoms with Crippen LogP contribution >= 0.6 is 11.6 Å². The van der Waals surface area contributed by atoms with Gasteiger partial charge in [-0.1, -0.05) is 0 Å². The van der Waals surface area contributed by atoms with Gasteiger partial charge in [0, 0.05) is 25.1 Å². The Morgan fingerprint density at radius 1 is 1.48 bits per heavy atom. The summed E-state index contributed by atoms with van der Waals surface area (Å²) in [4.78, 5) is 20.7. The molecular weight excluding hydrogens is 292 g/mol. The maximum absolute atomic E-state index is 11.8. The van der Waals surface area contributed by atoms with Gasteiger partial charge in [0.15, 0.2) is 5.65 Å². The maximum atomic E-state index is 11.8. The summed E-state index contributed by atoms with van der Waals surface area (Å²) in [6.45, 7) is 0.511. The molecule has 0 aromatic carbocycles. The van der Waals surface area contributed by atoms with Crippen LogP contribution in [-0.2, 0) is 17.2 Å². The molecule has 21 heavy (non-hydrogen) atoms. The Balaban J connectivity index is 1.82. The quantitative estimate of drug-likeness (QED) is 0.827. The van der Waals surface area contributed by atoms with Crippen LogP contribution in [0.25, 0.3) is 11.2 Å². The van der Waals surface area contributed by atoms with Gasteiger partial charge in [0.2, 0.25) is 11.8 Å². The molecule has 2 aromatic rings. The largest absolute Gasteiger partial charge is 0.481 e. The lowest BCUT2D eigenvalue weighted by Crippen LogP contribution is -2.26. The highest BCUT2D eigenvalue weighted by atomic mass is 35.5. The Hall–Kier alpha value is -1.82. The summed E-state index contributed by atoms with van der Waals surface area (Å²) in [5, 5.41) is 2.97. The molecule has 0 saturated heterocycles. The zero-order valence-electron chi connectivity index (χ0n) is 11.8. The van der Waals surface area contributed by atoms with Gasteiger partial charge in [0.05, 0.1) is 13.0 Å². The van der Waals surface area contributed by atoms with Crippen molar-refractivity contribution in [3.63, 3.8) is 0 Å². The van der Waals surface area contributed by atoms with Gasteiger partial charge < -0.3 is 14.6 Å². The molecule has 6 nitrogen and oxygen atoms in total. The number of pyridine rings is 1. The van der Waals surface area contributed by atoms with Gasteiger partial charge in [-0.3, -0.25) is 4.79 Å². The number of fused-ring (bicyclic) bond motifs is 1. The number of hydrogen-bond acceptors (Lipinski definition) is 4. The summed E-state index contributed by atoms with van der Waals surface area (Å²) in [6, 6.07) is 3.98. The Kier molecular flexibility index (Phi) is 3.96. The number of carbonyl (C=O) groups is 1. The van der Waals surface area contributed by atoms with Crippen LogP contribution in [0, 0.1) is 0 Å². The topological polar surface area (TPSA) is 69.0 Å². The first-order valence-corrected chi connectivity index (χ1v) is 7.50. The number of rotatable bonds is 6. The van der Waals surface area contributed by atoms with E-state index in [0.29, 0.717) is 36.4 Å². The summed E-state index contributed by atoms with van der Waals surface area (Å²) >= 11 is 5.94. The molecule has 1 amide bonds. The van der Waals surface area contributed by atoms with Crippen LogP contribution in [0.15, 0.2) is 12.1 Å². The highest BCUT2D eigenvalue weighted by molar-refractivity contribution is 6.16. The number of nitrogens with zero attached hydrogens (tertiary/aromatic N) is 3. The maximum Gasteiger partial charge on any atom is 0.222 e. The smallest absolute Gasteiger partial charge is 0.222 e. The van der Waals surface area contributed by atoms with Gasteiger partial charge >= 0.3 is 0 Å². The number of nitrogens with one attached hydrogen (secondary N) is 1. The number of ether oxygens (including phenoxy) is 1. The van der Waals surface area contributed by atoms with Gasteiger partial charge in [-0.15, -0.1) is 11.6 Å². The SMILES string of the molecule is COc1ccc2nc(CCl)n(CCC(=O)NC3CC3)c2n1. The third-order valence-electron chi connectivity index (χ3n) is 3.48. The van der Waals surface area contributed by atoms with Crippen molar-refractivity contribution < 1.29 is 9.53 Å². The minimum Gasteiger partial charge on any atom is -0.481 e. The van der Waals surface area contributed by atoms with E-state index in [4.69, 9.17) is 16.3 Å². The summed E-state index contributed by atoms with van der Waals surface area (Å²) < 4.78 is 7.03. The Morgan fingerprint density at radius 3 is 2.95 bits per heavy atom. The zero-order valence-corrected chi connectivity index (χ0v) is 12.6. The van der Waals surface area contributed by atoms with Gasteiger partial charge in [-0.2, -0.15) is 4.98 Å². The molecule has 0 unspecified atom stereocenters. The fourth-order valence-electron chi connectivity index (χ4n) is 2.22. The lowest BCUT2D eigenvalue weighted by molar-refractivity contribution is -0.121. The van der Waals surface area contributed by atoms with E-state index in [1.165, 1.54) is 0 Å². The molecule has 0 aliphatic heterocycles. The third kappa shape index (κ3) is 3.10. The molecule has 1 saturated carbocycles. The highest BCUT2D eigenvalue weighted by Crippen LogP contribution is 2.21. The Labute approximate surface area is 127 Å². The average Bonchev–Trinajstić information content (AvgIpc) is 3.23. The van der Waals surface area contributed by atoms with Crippen LogP contribution in [-0.4, -0.2) is 33.6 Å². The molecule has 1 N–H and O–H groups in total. The number of methoxy groups -OCH3 is 1. The minimum absolute atomic E-state index is 0.0581. The van der Waals surface area contributed by atoms with E-state index >= 15 is 0 Å². The number of hydrogen-bond donors (Lipinski definition) is 1. The van der Waals surface area contributed by atoms with E-state index in [9.17, 15) is 4.79 Å².